The van der Waals surface area contributed by atoms with Gasteiger partial charge in [-0.05, 0) is 12.1 Å². The van der Waals surface area contributed by atoms with Crippen molar-refractivity contribution in [2.45, 2.75) is 13.8 Å². The van der Waals surface area contributed by atoms with E-state index >= 15 is 0 Å². The lowest BCUT2D eigenvalue weighted by molar-refractivity contribution is -0.118. The maximum Gasteiger partial charge on any atom is 0.226 e. The molecule has 1 aromatic carbocycles. The molecule has 1 amide bonds. The summed E-state index contributed by atoms with van der Waals surface area (Å²) in [5, 5.41) is 2.79. The molecule has 17 heavy (non-hydrogen) atoms. The molecule has 0 aliphatic heterocycles. The summed E-state index contributed by atoms with van der Waals surface area (Å²) < 4.78 is 5.33. The van der Waals surface area contributed by atoms with E-state index in [2.05, 4.69) is 5.32 Å². The Balaban J connectivity index is 2.65. The van der Waals surface area contributed by atoms with Gasteiger partial charge in [-0.25, -0.2) is 0 Å². The van der Waals surface area contributed by atoms with Crippen molar-refractivity contribution < 1.29 is 9.53 Å². The van der Waals surface area contributed by atoms with Crippen molar-refractivity contribution in [1.29, 1.82) is 0 Å². The number of carbonyl (C=O) groups excluding carboxylic acids is 1. The fraction of sp³-hybridized carbons (Fsp3) is 0.333. The lowest BCUT2D eigenvalue weighted by Crippen LogP contribution is -2.19. The third-order valence-corrected chi connectivity index (χ3v) is 2.12. The Morgan fingerprint density at radius 2 is 2.24 bits per heavy atom. The van der Waals surface area contributed by atoms with Gasteiger partial charge < -0.3 is 15.8 Å². The van der Waals surface area contributed by atoms with Crippen LogP contribution in [0.5, 0.6) is 5.75 Å². The molecule has 0 aliphatic carbocycles. The minimum absolute atomic E-state index is 0.0310. The lowest BCUT2D eigenvalue weighted by atomic mass is 10.2. The van der Waals surface area contributed by atoms with Gasteiger partial charge in [-0.15, -0.1) is 0 Å². The van der Waals surface area contributed by atoms with Crippen LogP contribution in [0.1, 0.15) is 13.8 Å². The van der Waals surface area contributed by atoms with Crippen LogP contribution in [0.15, 0.2) is 24.3 Å². The number of hydrogen-bond acceptors (Lipinski definition) is 3. The summed E-state index contributed by atoms with van der Waals surface area (Å²) in [6, 6.07) is 7.11. The van der Waals surface area contributed by atoms with Crippen molar-refractivity contribution in [2.24, 2.45) is 11.7 Å². The topological polar surface area (TPSA) is 64.3 Å². The lowest BCUT2D eigenvalue weighted by Gasteiger charge is -2.10. The zero-order valence-electron chi connectivity index (χ0n) is 9.90. The van der Waals surface area contributed by atoms with Crippen LogP contribution in [0, 0.1) is 5.92 Å². The predicted octanol–water partition coefficient (Wildman–Crippen LogP) is 1.95. The number of ether oxygens (including phenoxy) is 1. The molecule has 92 valence electrons. The minimum Gasteiger partial charge on any atom is -0.486 e. The SMILES string of the molecule is CC(C)C(=O)Nc1cccc(OCC(N)=S)c1. The molecule has 1 aromatic rings. The highest BCUT2D eigenvalue weighted by molar-refractivity contribution is 7.80. The molecule has 3 N–H and O–H groups in total. The van der Waals surface area contributed by atoms with Crippen LogP contribution in [0.2, 0.25) is 0 Å². The van der Waals surface area contributed by atoms with Gasteiger partial charge in [0.1, 0.15) is 17.3 Å². The fourth-order valence-electron chi connectivity index (χ4n) is 1.10. The van der Waals surface area contributed by atoms with Gasteiger partial charge >= 0.3 is 0 Å². The smallest absolute Gasteiger partial charge is 0.226 e. The molecule has 1 rings (SSSR count). The van der Waals surface area contributed by atoms with E-state index in [0.29, 0.717) is 16.4 Å². The maximum absolute atomic E-state index is 11.5. The highest BCUT2D eigenvalue weighted by Gasteiger charge is 2.07. The minimum atomic E-state index is -0.0591. The summed E-state index contributed by atoms with van der Waals surface area (Å²) in [5.41, 5.74) is 6.03. The number of anilines is 1. The maximum atomic E-state index is 11.5. The molecule has 0 unspecified atom stereocenters. The Labute approximate surface area is 106 Å². The van der Waals surface area contributed by atoms with E-state index in [1.54, 1.807) is 24.3 Å². The van der Waals surface area contributed by atoms with Gasteiger partial charge in [-0.3, -0.25) is 4.79 Å². The first-order valence-electron chi connectivity index (χ1n) is 5.31. The molecular formula is C12H16N2O2S. The van der Waals surface area contributed by atoms with E-state index in [0.717, 1.165) is 0 Å². The van der Waals surface area contributed by atoms with Crippen molar-refractivity contribution >= 4 is 28.8 Å². The summed E-state index contributed by atoms with van der Waals surface area (Å²) in [6.07, 6.45) is 0. The van der Waals surface area contributed by atoms with E-state index in [1.807, 2.05) is 13.8 Å². The zero-order valence-corrected chi connectivity index (χ0v) is 10.7. The monoisotopic (exact) mass is 252 g/mol. The molecule has 0 fully saturated rings. The molecule has 0 heterocycles. The Kier molecular flexibility index (Phi) is 4.90. The molecule has 5 heteroatoms. The largest absolute Gasteiger partial charge is 0.486 e. The molecule has 0 spiro atoms. The van der Waals surface area contributed by atoms with Crippen molar-refractivity contribution in [2.75, 3.05) is 11.9 Å². The Hall–Kier alpha value is -1.62. The second-order valence-corrected chi connectivity index (χ2v) is 4.45. The molecule has 0 aromatic heterocycles. The third-order valence-electron chi connectivity index (χ3n) is 2.01. The highest BCUT2D eigenvalue weighted by atomic mass is 32.1. The summed E-state index contributed by atoms with van der Waals surface area (Å²) in [5.74, 6) is 0.534. The van der Waals surface area contributed by atoms with E-state index < -0.39 is 0 Å². The number of nitrogens with two attached hydrogens (primary N) is 1. The van der Waals surface area contributed by atoms with Gasteiger partial charge in [0.2, 0.25) is 5.91 Å². The van der Waals surface area contributed by atoms with E-state index in [9.17, 15) is 4.79 Å². The molecule has 0 saturated carbocycles. The van der Waals surface area contributed by atoms with Gasteiger partial charge in [0, 0.05) is 17.7 Å². The number of benzene rings is 1. The van der Waals surface area contributed by atoms with Crippen LogP contribution in [-0.4, -0.2) is 17.5 Å². The van der Waals surface area contributed by atoms with Gasteiger partial charge in [-0.1, -0.05) is 32.1 Å². The van der Waals surface area contributed by atoms with Crippen LogP contribution in [0.25, 0.3) is 0 Å². The Bertz CT molecular complexity index is 419. The van der Waals surface area contributed by atoms with Crippen molar-refractivity contribution in [3.63, 3.8) is 0 Å². The first kappa shape index (κ1) is 13.4. The average molecular weight is 252 g/mol. The van der Waals surface area contributed by atoms with Gasteiger partial charge in [-0.2, -0.15) is 0 Å². The second-order valence-electron chi connectivity index (χ2n) is 3.93. The van der Waals surface area contributed by atoms with Crippen molar-refractivity contribution in [1.82, 2.24) is 0 Å². The van der Waals surface area contributed by atoms with Crippen LogP contribution in [-0.2, 0) is 4.79 Å². The van der Waals surface area contributed by atoms with E-state index in [-0.39, 0.29) is 18.4 Å². The van der Waals surface area contributed by atoms with E-state index in [1.165, 1.54) is 0 Å². The number of rotatable bonds is 5. The summed E-state index contributed by atoms with van der Waals surface area (Å²) in [7, 11) is 0. The standard InChI is InChI=1S/C12H16N2O2S/c1-8(2)12(15)14-9-4-3-5-10(6-9)16-7-11(13)17/h3-6,8H,7H2,1-2H3,(H2,13,17)(H,14,15). The predicted molar refractivity (Wildman–Crippen MR) is 72.2 cm³/mol. The molecule has 0 saturated heterocycles. The number of nitrogens with one attached hydrogen (secondary N) is 1. The third kappa shape index (κ3) is 4.82. The Morgan fingerprint density at radius 3 is 2.82 bits per heavy atom. The van der Waals surface area contributed by atoms with Gasteiger partial charge in [0.05, 0.1) is 0 Å². The summed E-state index contributed by atoms with van der Waals surface area (Å²) in [6.45, 7) is 3.86. The van der Waals surface area contributed by atoms with Crippen LogP contribution < -0.4 is 15.8 Å². The molecule has 0 aliphatic rings. The quantitative estimate of drug-likeness (QED) is 0.786. The molecule has 0 atom stereocenters. The van der Waals surface area contributed by atoms with E-state index in [4.69, 9.17) is 22.7 Å². The number of carbonyl (C=O) groups is 1. The second kappa shape index (κ2) is 6.20. The van der Waals surface area contributed by atoms with Gasteiger partial charge in [0.15, 0.2) is 0 Å². The normalized spacial score (nSPS) is 10.1. The highest BCUT2D eigenvalue weighted by Crippen LogP contribution is 2.17. The fourth-order valence-corrected chi connectivity index (χ4v) is 1.16. The van der Waals surface area contributed by atoms with Crippen LogP contribution in [0.4, 0.5) is 5.69 Å². The number of thiocarbonyl (C=S) groups is 1. The summed E-state index contributed by atoms with van der Waals surface area (Å²) in [4.78, 5) is 11.8. The molecule has 4 nitrogen and oxygen atoms in total. The number of hydrogen-bond donors (Lipinski definition) is 2. The van der Waals surface area contributed by atoms with Gasteiger partial charge in [0.25, 0.3) is 0 Å². The Morgan fingerprint density at radius 1 is 1.53 bits per heavy atom. The summed E-state index contributed by atoms with van der Waals surface area (Å²) >= 11 is 4.71. The molecule has 0 radical (unpaired) electrons. The first-order valence-corrected chi connectivity index (χ1v) is 5.72. The number of amides is 1. The average Bonchev–Trinajstić information content (AvgIpc) is 2.26. The van der Waals surface area contributed by atoms with Crippen LogP contribution >= 0.6 is 12.2 Å². The molecular weight excluding hydrogens is 236 g/mol. The van der Waals surface area contributed by atoms with Crippen molar-refractivity contribution in [3.05, 3.63) is 24.3 Å². The first-order chi connectivity index (χ1) is 7.99. The molecule has 0 bridgehead atoms. The van der Waals surface area contributed by atoms with Crippen LogP contribution in [0.3, 0.4) is 0 Å². The zero-order chi connectivity index (χ0) is 12.8. The van der Waals surface area contributed by atoms with Crippen molar-refractivity contribution in [3.8, 4) is 5.75 Å².